The molecule has 1 aromatic carbocycles. The SMILES string of the molecule is CCc1ccc(Cn2nnc(C(=O)NC[C@H](O)c3ccsc3)c2C)cc1. The van der Waals surface area contributed by atoms with Gasteiger partial charge in [-0.3, -0.25) is 4.79 Å². The fraction of sp³-hybridized carbons (Fsp3) is 0.316. The van der Waals surface area contributed by atoms with Gasteiger partial charge in [-0.15, -0.1) is 5.10 Å². The van der Waals surface area contributed by atoms with Crippen LogP contribution in [0.2, 0.25) is 0 Å². The summed E-state index contributed by atoms with van der Waals surface area (Å²) in [5.41, 5.74) is 4.18. The number of carbonyl (C=O) groups excluding carboxylic acids is 1. The van der Waals surface area contributed by atoms with E-state index in [0.717, 1.165) is 17.5 Å². The molecule has 1 amide bonds. The van der Waals surface area contributed by atoms with Crippen LogP contribution in [-0.2, 0) is 13.0 Å². The third kappa shape index (κ3) is 4.17. The first-order valence-corrected chi connectivity index (χ1v) is 9.49. The molecule has 0 bridgehead atoms. The maximum absolute atomic E-state index is 12.4. The van der Waals surface area contributed by atoms with Gasteiger partial charge in [0.2, 0.25) is 0 Å². The predicted octanol–water partition coefficient (Wildman–Crippen LogP) is 2.72. The summed E-state index contributed by atoms with van der Waals surface area (Å²) in [7, 11) is 0. The Morgan fingerprint density at radius 1 is 1.27 bits per heavy atom. The van der Waals surface area contributed by atoms with Crippen molar-refractivity contribution in [2.45, 2.75) is 32.9 Å². The lowest BCUT2D eigenvalue weighted by atomic mass is 10.1. The summed E-state index contributed by atoms with van der Waals surface area (Å²) in [4.78, 5) is 12.4. The number of thiophene rings is 1. The van der Waals surface area contributed by atoms with Crippen molar-refractivity contribution in [1.82, 2.24) is 20.3 Å². The van der Waals surface area contributed by atoms with Crippen molar-refractivity contribution in [2.24, 2.45) is 0 Å². The number of rotatable bonds is 7. The Bertz CT molecular complexity index is 856. The molecule has 3 rings (SSSR count). The third-order valence-corrected chi connectivity index (χ3v) is 5.05. The van der Waals surface area contributed by atoms with Crippen LogP contribution in [0.4, 0.5) is 0 Å². The molecule has 0 saturated heterocycles. The van der Waals surface area contributed by atoms with Crippen molar-refractivity contribution < 1.29 is 9.90 Å². The van der Waals surface area contributed by atoms with Crippen molar-refractivity contribution in [2.75, 3.05) is 6.54 Å². The Hall–Kier alpha value is -2.51. The minimum atomic E-state index is -0.724. The van der Waals surface area contributed by atoms with Crippen LogP contribution in [0, 0.1) is 6.92 Å². The molecule has 2 N–H and O–H groups in total. The smallest absolute Gasteiger partial charge is 0.273 e. The van der Waals surface area contributed by atoms with Gasteiger partial charge in [0.05, 0.1) is 18.3 Å². The molecule has 7 heteroatoms. The maximum atomic E-state index is 12.4. The van der Waals surface area contributed by atoms with Crippen LogP contribution in [0.5, 0.6) is 0 Å². The number of aliphatic hydroxyl groups is 1. The first-order chi connectivity index (χ1) is 12.6. The highest BCUT2D eigenvalue weighted by molar-refractivity contribution is 7.07. The molecule has 0 radical (unpaired) electrons. The van der Waals surface area contributed by atoms with Gasteiger partial charge < -0.3 is 10.4 Å². The molecule has 26 heavy (non-hydrogen) atoms. The summed E-state index contributed by atoms with van der Waals surface area (Å²) in [5, 5.41) is 24.6. The summed E-state index contributed by atoms with van der Waals surface area (Å²) in [6.07, 6.45) is 0.280. The van der Waals surface area contributed by atoms with Gasteiger partial charge in [-0.2, -0.15) is 11.3 Å². The van der Waals surface area contributed by atoms with E-state index in [-0.39, 0.29) is 18.1 Å². The average molecular weight is 370 g/mol. The third-order valence-electron chi connectivity index (χ3n) is 4.35. The van der Waals surface area contributed by atoms with Gasteiger partial charge in [-0.1, -0.05) is 36.4 Å². The van der Waals surface area contributed by atoms with Crippen LogP contribution < -0.4 is 5.32 Å². The minimum Gasteiger partial charge on any atom is -0.387 e. The van der Waals surface area contributed by atoms with Gasteiger partial charge in [0.1, 0.15) is 0 Å². The van der Waals surface area contributed by atoms with Gasteiger partial charge in [0, 0.05) is 6.54 Å². The van der Waals surface area contributed by atoms with Crippen LogP contribution in [0.1, 0.15) is 45.9 Å². The summed E-state index contributed by atoms with van der Waals surface area (Å²) in [6.45, 7) is 4.65. The molecule has 0 unspecified atom stereocenters. The number of hydrogen-bond donors (Lipinski definition) is 2. The average Bonchev–Trinajstić information content (AvgIpc) is 3.31. The number of aromatic nitrogens is 3. The van der Waals surface area contributed by atoms with E-state index in [2.05, 4.69) is 46.8 Å². The molecule has 0 spiro atoms. The quantitative estimate of drug-likeness (QED) is 0.670. The molecule has 1 atom stereocenters. The van der Waals surface area contributed by atoms with Crippen LogP contribution in [0.15, 0.2) is 41.1 Å². The Balaban J connectivity index is 1.62. The second-order valence-corrected chi connectivity index (χ2v) is 6.91. The molecular formula is C19H22N4O2S. The number of hydrogen-bond acceptors (Lipinski definition) is 5. The molecule has 136 valence electrons. The van der Waals surface area contributed by atoms with Crippen molar-refractivity contribution in [3.63, 3.8) is 0 Å². The number of aliphatic hydroxyl groups excluding tert-OH is 1. The summed E-state index contributed by atoms with van der Waals surface area (Å²) in [6, 6.07) is 10.2. The van der Waals surface area contributed by atoms with Crippen LogP contribution in [-0.4, -0.2) is 32.6 Å². The van der Waals surface area contributed by atoms with Crippen LogP contribution in [0.3, 0.4) is 0 Å². The van der Waals surface area contributed by atoms with E-state index in [1.807, 2.05) is 23.8 Å². The zero-order chi connectivity index (χ0) is 18.5. The van der Waals surface area contributed by atoms with E-state index >= 15 is 0 Å². The molecule has 0 aliphatic heterocycles. The van der Waals surface area contributed by atoms with E-state index < -0.39 is 6.10 Å². The van der Waals surface area contributed by atoms with Gasteiger partial charge in [0.25, 0.3) is 5.91 Å². The van der Waals surface area contributed by atoms with E-state index in [0.29, 0.717) is 12.2 Å². The number of nitrogens with zero attached hydrogens (tertiary/aromatic N) is 3. The van der Waals surface area contributed by atoms with Crippen molar-refractivity contribution >= 4 is 17.2 Å². The first kappa shape index (κ1) is 18.3. The molecule has 2 aromatic heterocycles. The van der Waals surface area contributed by atoms with Gasteiger partial charge in [-0.25, -0.2) is 4.68 Å². The largest absolute Gasteiger partial charge is 0.387 e. The van der Waals surface area contributed by atoms with Crippen LogP contribution in [0.25, 0.3) is 0 Å². The maximum Gasteiger partial charge on any atom is 0.273 e. The fourth-order valence-corrected chi connectivity index (χ4v) is 3.34. The predicted molar refractivity (Wildman–Crippen MR) is 101 cm³/mol. The highest BCUT2D eigenvalue weighted by atomic mass is 32.1. The van der Waals surface area contributed by atoms with Gasteiger partial charge >= 0.3 is 0 Å². The standard InChI is InChI=1S/C19H22N4O2S/c1-3-14-4-6-15(7-5-14)11-23-13(2)18(21-22-23)19(25)20-10-17(24)16-8-9-26-12-16/h4-9,12,17,24H,3,10-11H2,1-2H3,(H,20,25)/t17-/m0/s1. The second-order valence-electron chi connectivity index (χ2n) is 6.13. The monoisotopic (exact) mass is 370 g/mol. The Morgan fingerprint density at radius 2 is 2.00 bits per heavy atom. The molecule has 0 aliphatic rings. The van der Waals surface area contributed by atoms with Crippen molar-refractivity contribution in [3.05, 3.63) is 69.2 Å². The Kier molecular flexibility index (Phi) is 5.80. The molecular weight excluding hydrogens is 348 g/mol. The number of aryl methyl sites for hydroxylation is 1. The van der Waals surface area contributed by atoms with Crippen molar-refractivity contribution in [3.8, 4) is 0 Å². The van der Waals surface area contributed by atoms with E-state index in [1.165, 1.54) is 16.9 Å². The normalized spacial score (nSPS) is 12.1. The van der Waals surface area contributed by atoms with E-state index in [9.17, 15) is 9.90 Å². The lowest BCUT2D eigenvalue weighted by Gasteiger charge is -2.10. The highest BCUT2D eigenvalue weighted by Gasteiger charge is 2.18. The molecule has 0 aliphatic carbocycles. The molecule has 3 aromatic rings. The minimum absolute atomic E-state index is 0.139. The fourth-order valence-electron chi connectivity index (χ4n) is 2.63. The molecule has 0 saturated carbocycles. The zero-order valence-corrected chi connectivity index (χ0v) is 15.7. The number of benzene rings is 1. The second kappa shape index (κ2) is 8.25. The van der Waals surface area contributed by atoms with Crippen LogP contribution >= 0.6 is 11.3 Å². The lowest BCUT2D eigenvalue weighted by molar-refractivity contribution is 0.0911. The number of carbonyl (C=O) groups is 1. The topological polar surface area (TPSA) is 80.0 Å². The first-order valence-electron chi connectivity index (χ1n) is 8.54. The molecule has 6 nitrogen and oxygen atoms in total. The highest BCUT2D eigenvalue weighted by Crippen LogP contribution is 2.15. The van der Waals surface area contributed by atoms with Crippen molar-refractivity contribution in [1.29, 1.82) is 0 Å². The van der Waals surface area contributed by atoms with Gasteiger partial charge in [-0.05, 0) is 46.9 Å². The zero-order valence-electron chi connectivity index (χ0n) is 14.8. The van der Waals surface area contributed by atoms with E-state index in [1.54, 1.807) is 4.68 Å². The summed E-state index contributed by atoms with van der Waals surface area (Å²) in [5.74, 6) is -0.329. The Labute approximate surface area is 156 Å². The number of amides is 1. The molecule has 0 fully saturated rings. The summed E-state index contributed by atoms with van der Waals surface area (Å²) >= 11 is 1.51. The summed E-state index contributed by atoms with van der Waals surface area (Å²) < 4.78 is 1.71. The van der Waals surface area contributed by atoms with Gasteiger partial charge in [0.15, 0.2) is 5.69 Å². The molecule has 2 heterocycles. The Morgan fingerprint density at radius 3 is 2.65 bits per heavy atom. The van der Waals surface area contributed by atoms with E-state index in [4.69, 9.17) is 0 Å². The number of nitrogens with one attached hydrogen (secondary N) is 1. The lowest BCUT2D eigenvalue weighted by Crippen LogP contribution is -2.29.